The number of esters is 1. The molecule has 0 aromatic heterocycles. The van der Waals surface area contributed by atoms with Crippen LogP contribution >= 0.6 is 12.2 Å². The van der Waals surface area contributed by atoms with Gasteiger partial charge in [0.25, 0.3) is 0 Å². The summed E-state index contributed by atoms with van der Waals surface area (Å²) in [7, 11) is 1.81. The molecule has 7 heteroatoms. The van der Waals surface area contributed by atoms with Gasteiger partial charge in [0.05, 0.1) is 18.2 Å². The number of nitrogens with zero attached hydrogens (tertiary/aromatic N) is 1. The van der Waals surface area contributed by atoms with Crippen LogP contribution in [0.25, 0.3) is 0 Å². The largest absolute Gasteiger partial charge is 0.463 e. The topological polar surface area (TPSA) is 70.7 Å². The summed E-state index contributed by atoms with van der Waals surface area (Å²) in [6, 6.07) is 6.97. The fourth-order valence-corrected chi connectivity index (χ4v) is 2.86. The van der Waals surface area contributed by atoms with Crippen LogP contribution in [0.15, 0.2) is 35.5 Å². The highest BCUT2D eigenvalue weighted by Crippen LogP contribution is 2.31. The van der Waals surface area contributed by atoms with Crippen molar-refractivity contribution < 1.29 is 14.3 Å². The summed E-state index contributed by atoms with van der Waals surface area (Å²) in [4.78, 5) is 26.1. The molecule has 140 valence electrons. The van der Waals surface area contributed by atoms with Gasteiger partial charge in [-0.1, -0.05) is 26.0 Å². The Kier molecular flexibility index (Phi) is 6.37. The maximum Gasteiger partial charge on any atom is 0.338 e. The first-order valence-corrected chi connectivity index (χ1v) is 9.00. The van der Waals surface area contributed by atoms with Crippen LogP contribution in [-0.4, -0.2) is 35.5 Å². The fraction of sp³-hybridized carbons (Fsp3) is 0.421. The van der Waals surface area contributed by atoms with Gasteiger partial charge in [-0.2, -0.15) is 0 Å². The Hall–Kier alpha value is -2.41. The average Bonchev–Trinajstić information content (AvgIpc) is 2.60. The van der Waals surface area contributed by atoms with Gasteiger partial charge in [-0.3, -0.25) is 4.79 Å². The summed E-state index contributed by atoms with van der Waals surface area (Å²) >= 11 is 5.37. The number of hydrogen-bond donors (Lipinski definition) is 2. The van der Waals surface area contributed by atoms with Gasteiger partial charge in [0.2, 0.25) is 5.91 Å². The SMILES string of the molecule is CCOC(=O)C1=C(C)N(C)C(=S)N[C@@H]1c1ccc(NC(=O)C(C)C)cc1. The van der Waals surface area contributed by atoms with Crippen molar-refractivity contribution in [3.05, 3.63) is 41.1 Å². The number of hydrogen-bond acceptors (Lipinski definition) is 4. The van der Waals surface area contributed by atoms with Crippen LogP contribution in [0.2, 0.25) is 0 Å². The number of nitrogens with one attached hydrogen (secondary N) is 2. The molecule has 0 spiro atoms. The zero-order chi connectivity index (χ0) is 19.4. The lowest BCUT2D eigenvalue weighted by Gasteiger charge is -2.35. The van der Waals surface area contributed by atoms with Gasteiger partial charge >= 0.3 is 5.97 Å². The number of carbonyl (C=O) groups excluding carboxylic acids is 2. The zero-order valence-electron chi connectivity index (χ0n) is 15.8. The van der Waals surface area contributed by atoms with Gasteiger partial charge in [-0.15, -0.1) is 0 Å². The minimum atomic E-state index is -0.396. The van der Waals surface area contributed by atoms with Crippen molar-refractivity contribution in [1.29, 1.82) is 0 Å². The average molecular weight is 375 g/mol. The summed E-state index contributed by atoms with van der Waals surface area (Å²) in [5.41, 5.74) is 2.86. The summed E-state index contributed by atoms with van der Waals surface area (Å²) in [5.74, 6) is -0.503. The van der Waals surface area contributed by atoms with E-state index in [1.54, 1.807) is 11.8 Å². The number of thiocarbonyl (C=S) groups is 1. The highest BCUT2D eigenvalue weighted by Gasteiger charge is 2.33. The van der Waals surface area contributed by atoms with Crippen molar-refractivity contribution in [3.8, 4) is 0 Å². The van der Waals surface area contributed by atoms with Crippen molar-refractivity contribution in [2.45, 2.75) is 33.7 Å². The van der Waals surface area contributed by atoms with Gasteiger partial charge in [0.1, 0.15) is 0 Å². The summed E-state index contributed by atoms with van der Waals surface area (Å²) in [6.45, 7) is 7.61. The van der Waals surface area contributed by atoms with Crippen LogP contribution in [0.5, 0.6) is 0 Å². The van der Waals surface area contributed by atoms with Crippen LogP contribution in [0.4, 0.5) is 5.69 Å². The van der Waals surface area contributed by atoms with Gasteiger partial charge < -0.3 is 20.3 Å². The number of carbonyl (C=O) groups is 2. The second-order valence-electron chi connectivity index (χ2n) is 6.43. The van der Waals surface area contributed by atoms with E-state index in [-0.39, 0.29) is 17.8 Å². The smallest absolute Gasteiger partial charge is 0.338 e. The number of allylic oxidation sites excluding steroid dienone is 1. The Morgan fingerprint density at radius 1 is 1.31 bits per heavy atom. The number of amides is 1. The molecule has 0 radical (unpaired) electrons. The minimum absolute atomic E-state index is 0.0423. The Balaban J connectivity index is 2.33. The van der Waals surface area contributed by atoms with Crippen molar-refractivity contribution in [3.63, 3.8) is 0 Å². The molecule has 0 saturated heterocycles. The number of rotatable bonds is 5. The van der Waals surface area contributed by atoms with Crippen molar-refractivity contribution in [1.82, 2.24) is 10.2 Å². The molecular weight excluding hydrogens is 350 g/mol. The van der Waals surface area contributed by atoms with Gasteiger partial charge in [0.15, 0.2) is 5.11 Å². The molecule has 0 aliphatic carbocycles. The van der Waals surface area contributed by atoms with Crippen LogP contribution < -0.4 is 10.6 Å². The van der Waals surface area contributed by atoms with E-state index >= 15 is 0 Å². The molecule has 1 aromatic carbocycles. The molecule has 0 bridgehead atoms. The second-order valence-corrected chi connectivity index (χ2v) is 6.81. The first-order chi connectivity index (χ1) is 12.3. The maximum absolute atomic E-state index is 12.5. The van der Waals surface area contributed by atoms with Gasteiger partial charge in [-0.25, -0.2) is 4.79 Å². The van der Waals surface area contributed by atoms with E-state index in [4.69, 9.17) is 17.0 Å². The molecule has 0 unspecified atom stereocenters. The van der Waals surface area contributed by atoms with E-state index in [0.29, 0.717) is 23.0 Å². The van der Waals surface area contributed by atoms with E-state index in [9.17, 15) is 9.59 Å². The molecule has 1 aromatic rings. The summed E-state index contributed by atoms with van der Waals surface area (Å²) in [5, 5.41) is 6.58. The highest BCUT2D eigenvalue weighted by atomic mass is 32.1. The van der Waals surface area contributed by atoms with Crippen molar-refractivity contribution in [2.75, 3.05) is 19.0 Å². The van der Waals surface area contributed by atoms with Gasteiger partial charge in [-0.05, 0) is 43.8 Å². The van der Waals surface area contributed by atoms with Gasteiger partial charge in [0, 0.05) is 24.4 Å². The lowest BCUT2D eigenvalue weighted by molar-refractivity contribution is -0.139. The van der Waals surface area contributed by atoms with Crippen LogP contribution in [-0.2, 0) is 14.3 Å². The summed E-state index contributed by atoms with van der Waals surface area (Å²) in [6.07, 6.45) is 0. The van der Waals surface area contributed by atoms with Crippen LogP contribution in [0.1, 0.15) is 39.3 Å². The molecule has 0 fully saturated rings. The first-order valence-electron chi connectivity index (χ1n) is 8.59. The minimum Gasteiger partial charge on any atom is -0.463 e. The van der Waals surface area contributed by atoms with Crippen molar-refractivity contribution >= 4 is 34.9 Å². The third-order valence-electron chi connectivity index (χ3n) is 4.29. The lowest BCUT2D eigenvalue weighted by Crippen LogP contribution is -2.46. The predicted molar refractivity (Wildman–Crippen MR) is 105 cm³/mol. The Morgan fingerprint density at radius 2 is 1.92 bits per heavy atom. The van der Waals surface area contributed by atoms with E-state index in [1.165, 1.54) is 0 Å². The quantitative estimate of drug-likeness (QED) is 0.609. The van der Waals surface area contributed by atoms with Crippen molar-refractivity contribution in [2.24, 2.45) is 5.92 Å². The fourth-order valence-electron chi connectivity index (χ4n) is 2.60. The third kappa shape index (κ3) is 4.22. The molecule has 0 saturated carbocycles. The number of anilines is 1. The molecular formula is C19H25N3O3S. The van der Waals surface area contributed by atoms with Crippen LogP contribution in [0, 0.1) is 5.92 Å². The van der Waals surface area contributed by atoms with E-state index < -0.39 is 6.04 Å². The molecule has 2 N–H and O–H groups in total. The standard InChI is InChI=1S/C19H25N3O3S/c1-6-25-18(24)15-12(4)22(5)19(26)21-16(15)13-7-9-14(10-8-13)20-17(23)11(2)3/h7-11,16H,6H2,1-5H3,(H,20,23)(H,21,26)/t16-/m1/s1. The Labute approximate surface area is 159 Å². The Bertz CT molecular complexity index is 741. The molecule has 1 amide bonds. The zero-order valence-corrected chi connectivity index (χ0v) is 16.6. The molecule has 26 heavy (non-hydrogen) atoms. The van der Waals surface area contributed by atoms with E-state index in [2.05, 4.69) is 10.6 Å². The molecule has 1 atom stereocenters. The molecule has 1 aliphatic rings. The normalized spacial score (nSPS) is 17.2. The monoisotopic (exact) mass is 375 g/mol. The molecule has 2 rings (SSSR count). The number of benzene rings is 1. The third-order valence-corrected chi connectivity index (χ3v) is 4.68. The Morgan fingerprint density at radius 3 is 2.46 bits per heavy atom. The van der Waals surface area contributed by atoms with Crippen LogP contribution in [0.3, 0.4) is 0 Å². The second kappa shape index (κ2) is 8.31. The first kappa shape index (κ1) is 19.9. The predicted octanol–water partition coefficient (Wildman–Crippen LogP) is 2.98. The molecule has 1 heterocycles. The molecule has 1 aliphatic heterocycles. The summed E-state index contributed by atoms with van der Waals surface area (Å²) < 4.78 is 5.23. The highest BCUT2D eigenvalue weighted by molar-refractivity contribution is 7.80. The number of ether oxygens (including phenoxy) is 1. The maximum atomic E-state index is 12.5. The van der Waals surface area contributed by atoms with E-state index in [1.807, 2.05) is 52.1 Å². The van der Waals surface area contributed by atoms with E-state index in [0.717, 1.165) is 11.3 Å². The molecule has 6 nitrogen and oxygen atoms in total. The lowest BCUT2D eigenvalue weighted by atomic mass is 9.95.